The Labute approximate surface area is 106 Å². The standard InChI is InChI=1S/C11H17FN2O3S/c1-8(3-2-6-15)14-18(16,17)11-7-9(12)4-5-10(11)13/h4-5,7-8,14-15H,2-3,6,13H2,1H3. The number of anilines is 1. The summed E-state index contributed by atoms with van der Waals surface area (Å²) in [6.45, 7) is 1.66. The zero-order valence-corrected chi connectivity index (χ0v) is 10.9. The van der Waals surface area contributed by atoms with E-state index in [4.69, 9.17) is 10.8 Å². The van der Waals surface area contributed by atoms with Crippen molar-refractivity contribution in [1.82, 2.24) is 4.72 Å². The average Bonchev–Trinajstić information content (AvgIpc) is 2.29. The first-order valence-electron chi connectivity index (χ1n) is 5.55. The van der Waals surface area contributed by atoms with Crippen LogP contribution in [-0.4, -0.2) is 26.2 Å². The van der Waals surface area contributed by atoms with Crippen molar-refractivity contribution in [2.75, 3.05) is 12.3 Å². The van der Waals surface area contributed by atoms with Gasteiger partial charge in [0.25, 0.3) is 0 Å². The van der Waals surface area contributed by atoms with E-state index in [0.717, 1.165) is 12.1 Å². The zero-order chi connectivity index (χ0) is 13.8. The lowest BCUT2D eigenvalue weighted by molar-refractivity contribution is 0.279. The topological polar surface area (TPSA) is 92.4 Å². The van der Waals surface area contributed by atoms with Crippen LogP contribution in [0.5, 0.6) is 0 Å². The second-order valence-corrected chi connectivity index (χ2v) is 5.75. The van der Waals surface area contributed by atoms with Crippen LogP contribution in [0.15, 0.2) is 23.1 Å². The van der Waals surface area contributed by atoms with Crippen LogP contribution in [0.2, 0.25) is 0 Å². The number of aliphatic hydroxyl groups excluding tert-OH is 1. The van der Waals surface area contributed by atoms with Gasteiger partial charge in [0.15, 0.2) is 0 Å². The van der Waals surface area contributed by atoms with Crippen LogP contribution < -0.4 is 10.5 Å². The lowest BCUT2D eigenvalue weighted by atomic mass is 10.2. The van der Waals surface area contributed by atoms with E-state index in [-0.39, 0.29) is 23.2 Å². The van der Waals surface area contributed by atoms with Crippen molar-refractivity contribution in [2.45, 2.75) is 30.7 Å². The van der Waals surface area contributed by atoms with E-state index >= 15 is 0 Å². The highest BCUT2D eigenvalue weighted by Crippen LogP contribution is 2.19. The molecule has 0 radical (unpaired) electrons. The molecule has 0 spiro atoms. The predicted octanol–water partition coefficient (Wildman–Crippen LogP) is 0.847. The van der Waals surface area contributed by atoms with E-state index < -0.39 is 15.8 Å². The van der Waals surface area contributed by atoms with Crippen LogP contribution in [0.25, 0.3) is 0 Å². The first-order chi connectivity index (χ1) is 8.36. The van der Waals surface area contributed by atoms with E-state index in [1.165, 1.54) is 6.07 Å². The molecule has 0 aromatic heterocycles. The third-order valence-corrected chi connectivity index (χ3v) is 4.06. The van der Waals surface area contributed by atoms with Gasteiger partial charge in [-0.25, -0.2) is 17.5 Å². The van der Waals surface area contributed by atoms with E-state index in [0.29, 0.717) is 12.8 Å². The number of nitrogens with two attached hydrogens (primary N) is 1. The molecule has 0 aliphatic rings. The highest BCUT2D eigenvalue weighted by molar-refractivity contribution is 7.89. The maximum Gasteiger partial charge on any atom is 0.242 e. The monoisotopic (exact) mass is 276 g/mol. The molecule has 1 aromatic carbocycles. The Kier molecular flexibility index (Phi) is 5.06. The minimum Gasteiger partial charge on any atom is -0.398 e. The summed E-state index contributed by atoms with van der Waals surface area (Å²) in [6, 6.07) is 2.84. The van der Waals surface area contributed by atoms with Gasteiger partial charge in [-0.05, 0) is 38.0 Å². The molecule has 1 atom stereocenters. The number of rotatable bonds is 6. The van der Waals surface area contributed by atoms with Gasteiger partial charge in [-0.2, -0.15) is 0 Å². The number of hydrogen-bond donors (Lipinski definition) is 3. The second kappa shape index (κ2) is 6.12. The normalized spacial score (nSPS) is 13.5. The number of nitrogens with one attached hydrogen (secondary N) is 1. The van der Waals surface area contributed by atoms with E-state index in [2.05, 4.69) is 4.72 Å². The molecule has 0 amide bonds. The van der Waals surface area contributed by atoms with Crippen molar-refractivity contribution in [2.24, 2.45) is 0 Å². The molecular formula is C11H17FN2O3S. The minimum atomic E-state index is -3.84. The summed E-state index contributed by atoms with van der Waals surface area (Å²) in [5, 5.41) is 8.66. The van der Waals surface area contributed by atoms with Gasteiger partial charge >= 0.3 is 0 Å². The van der Waals surface area contributed by atoms with Crippen LogP contribution in [-0.2, 0) is 10.0 Å². The Hall–Kier alpha value is -1.18. The van der Waals surface area contributed by atoms with Gasteiger partial charge in [0.1, 0.15) is 10.7 Å². The highest BCUT2D eigenvalue weighted by Gasteiger charge is 2.20. The summed E-state index contributed by atoms with van der Waals surface area (Å²) in [6.07, 6.45) is 0.979. The largest absolute Gasteiger partial charge is 0.398 e. The van der Waals surface area contributed by atoms with Gasteiger partial charge in [-0.1, -0.05) is 0 Å². The third kappa shape index (κ3) is 3.94. The van der Waals surface area contributed by atoms with Crippen molar-refractivity contribution in [3.8, 4) is 0 Å². The van der Waals surface area contributed by atoms with E-state index in [9.17, 15) is 12.8 Å². The number of hydrogen-bond acceptors (Lipinski definition) is 4. The Balaban J connectivity index is 2.89. The molecule has 0 fully saturated rings. The predicted molar refractivity (Wildman–Crippen MR) is 66.9 cm³/mol. The maximum absolute atomic E-state index is 13.0. The first kappa shape index (κ1) is 14.9. The Morgan fingerprint density at radius 3 is 2.78 bits per heavy atom. The lowest BCUT2D eigenvalue weighted by Crippen LogP contribution is -2.33. The van der Waals surface area contributed by atoms with Gasteiger partial charge < -0.3 is 10.8 Å². The fourth-order valence-corrected chi connectivity index (χ4v) is 2.95. The maximum atomic E-state index is 13.0. The fraction of sp³-hybridized carbons (Fsp3) is 0.455. The number of aliphatic hydroxyl groups is 1. The molecule has 0 bridgehead atoms. The number of benzene rings is 1. The molecule has 102 valence electrons. The quantitative estimate of drug-likeness (QED) is 0.671. The van der Waals surface area contributed by atoms with Crippen LogP contribution in [0.3, 0.4) is 0 Å². The molecule has 0 saturated heterocycles. The first-order valence-corrected chi connectivity index (χ1v) is 7.03. The molecule has 0 saturated carbocycles. The Morgan fingerprint density at radius 1 is 1.50 bits per heavy atom. The second-order valence-electron chi connectivity index (χ2n) is 4.07. The van der Waals surface area contributed by atoms with Gasteiger partial charge in [-0.3, -0.25) is 0 Å². The lowest BCUT2D eigenvalue weighted by Gasteiger charge is -2.14. The summed E-state index contributed by atoms with van der Waals surface area (Å²) in [4.78, 5) is -0.265. The van der Waals surface area contributed by atoms with Crippen LogP contribution >= 0.6 is 0 Å². The van der Waals surface area contributed by atoms with Crippen LogP contribution in [0, 0.1) is 5.82 Å². The van der Waals surface area contributed by atoms with Gasteiger partial charge in [-0.15, -0.1) is 0 Å². The molecule has 18 heavy (non-hydrogen) atoms. The molecule has 7 heteroatoms. The molecular weight excluding hydrogens is 259 g/mol. The molecule has 0 aliphatic heterocycles. The summed E-state index contributed by atoms with van der Waals surface area (Å²) < 4.78 is 39.3. The molecule has 0 heterocycles. The smallest absolute Gasteiger partial charge is 0.242 e. The highest BCUT2D eigenvalue weighted by atomic mass is 32.2. The molecule has 4 N–H and O–H groups in total. The van der Waals surface area contributed by atoms with E-state index in [1.807, 2.05) is 0 Å². The zero-order valence-electron chi connectivity index (χ0n) is 10.1. The Bertz CT molecular complexity index is 505. The summed E-state index contributed by atoms with van der Waals surface area (Å²) in [5.41, 5.74) is 5.52. The summed E-state index contributed by atoms with van der Waals surface area (Å²) in [7, 11) is -3.84. The van der Waals surface area contributed by atoms with Crippen molar-refractivity contribution < 1.29 is 17.9 Å². The Morgan fingerprint density at radius 2 is 2.17 bits per heavy atom. The van der Waals surface area contributed by atoms with E-state index in [1.54, 1.807) is 6.92 Å². The van der Waals surface area contributed by atoms with Gasteiger partial charge in [0.2, 0.25) is 10.0 Å². The summed E-state index contributed by atoms with van der Waals surface area (Å²) in [5.74, 6) is -0.660. The van der Waals surface area contributed by atoms with Gasteiger partial charge in [0.05, 0.1) is 5.69 Å². The SMILES string of the molecule is CC(CCCO)NS(=O)(=O)c1cc(F)ccc1N. The molecule has 1 aromatic rings. The average molecular weight is 276 g/mol. The van der Waals surface area contributed by atoms with Crippen molar-refractivity contribution in [3.05, 3.63) is 24.0 Å². The van der Waals surface area contributed by atoms with Crippen LogP contribution in [0.1, 0.15) is 19.8 Å². The summed E-state index contributed by atoms with van der Waals surface area (Å²) >= 11 is 0. The third-order valence-electron chi connectivity index (χ3n) is 2.42. The van der Waals surface area contributed by atoms with Crippen molar-refractivity contribution in [3.63, 3.8) is 0 Å². The van der Waals surface area contributed by atoms with Crippen LogP contribution in [0.4, 0.5) is 10.1 Å². The fourth-order valence-electron chi connectivity index (χ4n) is 1.53. The number of halogens is 1. The number of nitrogen functional groups attached to an aromatic ring is 1. The molecule has 1 unspecified atom stereocenters. The molecule has 0 aliphatic carbocycles. The van der Waals surface area contributed by atoms with Crippen molar-refractivity contribution in [1.29, 1.82) is 0 Å². The van der Waals surface area contributed by atoms with Crippen molar-refractivity contribution >= 4 is 15.7 Å². The minimum absolute atomic E-state index is 0.00161. The molecule has 1 rings (SSSR count). The molecule has 5 nitrogen and oxygen atoms in total. The van der Waals surface area contributed by atoms with Gasteiger partial charge in [0, 0.05) is 12.6 Å². The number of sulfonamides is 1.